The number of hydrogen-bond donors (Lipinski definition) is 2. The molecule has 0 unspecified atom stereocenters. The van der Waals surface area contributed by atoms with E-state index < -0.39 is 0 Å². The molecule has 198 valence electrons. The van der Waals surface area contributed by atoms with E-state index in [1.165, 1.54) is 6.33 Å². The van der Waals surface area contributed by atoms with Crippen molar-refractivity contribution in [2.24, 2.45) is 5.92 Å². The highest BCUT2D eigenvalue weighted by molar-refractivity contribution is 6.30. The standard InChI is InChI=1S/C28H27ClN8O2/c1-16-21(10-18(29)12-31-16)27(38)35-19-8-6-17(7-9-19)14-36-23-4-2-3-5-24(23)37(28(36)39)20-11-22-25(32-13-20)26(30)34-15-33-22/h2-5,10-13,15,17,19H,6-9,14H2,1H3,(H,35,38)(H2,30,33,34)/t17-,19-. The molecule has 3 N–H and O–H groups in total. The van der Waals surface area contributed by atoms with E-state index in [-0.39, 0.29) is 17.6 Å². The largest absolute Gasteiger partial charge is 0.382 e. The number of imidazole rings is 1. The van der Waals surface area contributed by atoms with Crippen molar-refractivity contribution in [1.29, 1.82) is 0 Å². The topological polar surface area (TPSA) is 134 Å². The highest BCUT2D eigenvalue weighted by Gasteiger charge is 2.26. The van der Waals surface area contributed by atoms with Gasteiger partial charge in [0, 0.05) is 18.8 Å². The summed E-state index contributed by atoms with van der Waals surface area (Å²) in [7, 11) is 0. The number of benzene rings is 1. The van der Waals surface area contributed by atoms with Crippen LogP contribution in [-0.4, -0.2) is 41.0 Å². The van der Waals surface area contributed by atoms with Gasteiger partial charge in [0.1, 0.15) is 11.8 Å². The molecule has 6 rings (SSSR count). The van der Waals surface area contributed by atoms with Gasteiger partial charge in [0.15, 0.2) is 5.82 Å². The van der Waals surface area contributed by atoms with Gasteiger partial charge >= 0.3 is 5.69 Å². The molecule has 1 aliphatic carbocycles. The number of para-hydroxylation sites is 2. The van der Waals surface area contributed by atoms with Crippen molar-refractivity contribution in [3.63, 3.8) is 0 Å². The molecule has 0 spiro atoms. The fourth-order valence-electron chi connectivity index (χ4n) is 5.46. The van der Waals surface area contributed by atoms with Crippen LogP contribution in [0.1, 0.15) is 41.7 Å². The van der Waals surface area contributed by atoms with Crippen LogP contribution in [0.15, 0.2) is 59.9 Å². The molecule has 1 aliphatic rings. The van der Waals surface area contributed by atoms with Crippen LogP contribution in [0.2, 0.25) is 5.02 Å². The Bertz CT molecular complexity index is 1770. The van der Waals surface area contributed by atoms with Crippen LogP contribution >= 0.6 is 11.6 Å². The highest BCUT2D eigenvalue weighted by Crippen LogP contribution is 2.28. The molecule has 4 aromatic heterocycles. The first kappa shape index (κ1) is 25.0. The van der Waals surface area contributed by atoms with Gasteiger partial charge in [0.05, 0.1) is 44.7 Å². The second kappa shape index (κ2) is 10.1. The Morgan fingerprint density at radius 3 is 2.62 bits per heavy atom. The minimum absolute atomic E-state index is 0.0725. The van der Waals surface area contributed by atoms with E-state index in [1.54, 1.807) is 30.0 Å². The zero-order valence-corrected chi connectivity index (χ0v) is 22.1. The van der Waals surface area contributed by atoms with Crippen molar-refractivity contribution in [3.8, 4) is 5.69 Å². The third kappa shape index (κ3) is 4.72. The molecule has 0 atom stereocenters. The van der Waals surface area contributed by atoms with E-state index in [4.69, 9.17) is 17.3 Å². The Kier molecular flexibility index (Phi) is 6.48. The van der Waals surface area contributed by atoms with Crippen molar-refractivity contribution in [3.05, 3.63) is 81.9 Å². The first-order valence-electron chi connectivity index (χ1n) is 12.9. The van der Waals surface area contributed by atoms with Gasteiger partial charge in [-0.1, -0.05) is 23.7 Å². The maximum atomic E-state index is 13.8. The van der Waals surface area contributed by atoms with Gasteiger partial charge in [-0.3, -0.25) is 18.9 Å². The number of anilines is 1. The number of carbonyl (C=O) groups excluding carboxylic acids is 1. The Morgan fingerprint density at radius 1 is 1.05 bits per heavy atom. The molecule has 4 heterocycles. The van der Waals surface area contributed by atoms with E-state index in [0.29, 0.717) is 51.3 Å². The number of pyridine rings is 2. The number of carbonyl (C=O) groups is 1. The fourth-order valence-corrected chi connectivity index (χ4v) is 5.62. The number of rotatable bonds is 5. The maximum absolute atomic E-state index is 13.8. The van der Waals surface area contributed by atoms with Gasteiger partial charge in [-0.15, -0.1) is 0 Å². The predicted molar refractivity (Wildman–Crippen MR) is 150 cm³/mol. The van der Waals surface area contributed by atoms with E-state index in [2.05, 4.69) is 25.3 Å². The molecule has 1 saturated carbocycles. The molecule has 39 heavy (non-hydrogen) atoms. The summed E-state index contributed by atoms with van der Waals surface area (Å²) in [5.74, 6) is 0.459. The van der Waals surface area contributed by atoms with Gasteiger partial charge in [0.25, 0.3) is 5.91 Å². The normalized spacial score (nSPS) is 17.5. The van der Waals surface area contributed by atoms with Gasteiger partial charge in [0.2, 0.25) is 0 Å². The average Bonchev–Trinajstić information content (AvgIpc) is 3.22. The minimum atomic E-state index is -0.152. The Labute approximate surface area is 228 Å². The molecule has 0 saturated heterocycles. The van der Waals surface area contributed by atoms with Gasteiger partial charge < -0.3 is 11.1 Å². The van der Waals surface area contributed by atoms with E-state index in [0.717, 1.165) is 36.7 Å². The summed E-state index contributed by atoms with van der Waals surface area (Å²) in [5, 5.41) is 3.58. The molecule has 10 nitrogen and oxygen atoms in total. The molecule has 5 aromatic rings. The lowest BCUT2D eigenvalue weighted by Crippen LogP contribution is -2.39. The number of halogens is 1. The monoisotopic (exact) mass is 542 g/mol. The Morgan fingerprint density at radius 2 is 1.82 bits per heavy atom. The van der Waals surface area contributed by atoms with Gasteiger partial charge in [-0.05, 0) is 62.8 Å². The fraction of sp³-hybridized carbons (Fsp3) is 0.286. The summed E-state index contributed by atoms with van der Waals surface area (Å²) in [6.07, 6.45) is 8.04. The number of hydrogen-bond acceptors (Lipinski definition) is 7. The summed E-state index contributed by atoms with van der Waals surface area (Å²) in [6, 6.07) is 11.3. The zero-order chi connectivity index (χ0) is 27.1. The van der Waals surface area contributed by atoms with Crippen LogP contribution in [-0.2, 0) is 6.54 Å². The second-order valence-electron chi connectivity index (χ2n) is 10.0. The number of fused-ring (bicyclic) bond motifs is 2. The third-order valence-electron chi connectivity index (χ3n) is 7.50. The zero-order valence-electron chi connectivity index (χ0n) is 21.3. The van der Waals surface area contributed by atoms with E-state index >= 15 is 0 Å². The summed E-state index contributed by atoms with van der Waals surface area (Å²) >= 11 is 6.04. The van der Waals surface area contributed by atoms with Crippen molar-refractivity contribution in [2.45, 2.75) is 45.2 Å². The Balaban J connectivity index is 1.21. The maximum Gasteiger partial charge on any atom is 0.333 e. The van der Waals surface area contributed by atoms with E-state index in [9.17, 15) is 9.59 Å². The number of aromatic nitrogens is 6. The third-order valence-corrected chi connectivity index (χ3v) is 7.71. The number of nitrogen functional groups attached to an aromatic ring is 1. The molecule has 1 amide bonds. The van der Waals surface area contributed by atoms with Gasteiger partial charge in [-0.25, -0.2) is 19.7 Å². The van der Waals surface area contributed by atoms with Crippen molar-refractivity contribution < 1.29 is 4.79 Å². The SMILES string of the molecule is Cc1ncc(Cl)cc1C(=O)N[C@H]1CC[C@H](Cn2c(=O)n(-c3cnc4c(N)ncnc4c3)c3ccccc32)CC1. The van der Waals surface area contributed by atoms with Crippen LogP contribution in [0.25, 0.3) is 27.8 Å². The van der Waals surface area contributed by atoms with Crippen molar-refractivity contribution in [1.82, 2.24) is 34.4 Å². The lowest BCUT2D eigenvalue weighted by Gasteiger charge is -2.29. The molecule has 0 aliphatic heterocycles. The number of amides is 1. The summed E-state index contributed by atoms with van der Waals surface area (Å²) in [6.45, 7) is 2.40. The highest BCUT2D eigenvalue weighted by atomic mass is 35.5. The van der Waals surface area contributed by atoms with Gasteiger partial charge in [-0.2, -0.15) is 0 Å². The van der Waals surface area contributed by atoms with Crippen LogP contribution in [0.3, 0.4) is 0 Å². The number of aryl methyl sites for hydroxylation is 1. The average molecular weight is 543 g/mol. The smallest absolute Gasteiger partial charge is 0.333 e. The Hall–Kier alpha value is -4.31. The minimum Gasteiger partial charge on any atom is -0.382 e. The second-order valence-corrected chi connectivity index (χ2v) is 10.5. The van der Waals surface area contributed by atoms with Crippen LogP contribution in [0.5, 0.6) is 0 Å². The number of nitrogens with two attached hydrogens (primary N) is 1. The van der Waals surface area contributed by atoms with Crippen molar-refractivity contribution >= 4 is 45.4 Å². The number of nitrogens with zero attached hydrogens (tertiary/aromatic N) is 6. The lowest BCUT2D eigenvalue weighted by atomic mass is 9.85. The summed E-state index contributed by atoms with van der Waals surface area (Å²) in [4.78, 5) is 43.5. The quantitative estimate of drug-likeness (QED) is 0.342. The molecule has 0 bridgehead atoms. The molecule has 0 radical (unpaired) electrons. The van der Waals surface area contributed by atoms with E-state index in [1.807, 2.05) is 34.9 Å². The molecule has 1 fully saturated rings. The first-order valence-corrected chi connectivity index (χ1v) is 13.3. The summed E-state index contributed by atoms with van der Waals surface area (Å²) in [5.41, 5.74) is 10.3. The molecule has 11 heteroatoms. The number of nitrogens with one attached hydrogen (secondary N) is 1. The van der Waals surface area contributed by atoms with Crippen molar-refractivity contribution in [2.75, 3.05) is 5.73 Å². The lowest BCUT2D eigenvalue weighted by molar-refractivity contribution is 0.0919. The predicted octanol–water partition coefficient (Wildman–Crippen LogP) is 4.06. The van der Waals surface area contributed by atoms with Crippen LogP contribution in [0, 0.1) is 12.8 Å². The van der Waals surface area contributed by atoms with Crippen LogP contribution < -0.4 is 16.7 Å². The molecular weight excluding hydrogens is 516 g/mol. The molecule has 1 aromatic carbocycles. The molecular formula is C28H27ClN8O2. The first-order chi connectivity index (χ1) is 18.9. The van der Waals surface area contributed by atoms with Crippen LogP contribution in [0.4, 0.5) is 5.82 Å². The summed E-state index contributed by atoms with van der Waals surface area (Å²) < 4.78 is 3.52.